The molecule has 0 bridgehead atoms. The predicted octanol–water partition coefficient (Wildman–Crippen LogP) is 5.68. The van der Waals surface area contributed by atoms with Crippen molar-refractivity contribution >= 4 is 18.3 Å². The third kappa shape index (κ3) is 7.88. The van der Waals surface area contributed by atoms with Gasteiger partial charge in [0.15, 0.2) is 0 Å². The quantitative estimate of drug-likeness (QED) is 0.577. The molecular weight excluding hydrogens is 316 g/mol. The number of para-hydroxylation sites is 1. The second-order valence-corrected chi connectivity index (χ2v) is 6.10. The van der Waals surface area contributed by atoms with Crippen molar-refractivity contribution in [1.82, 2.24) is 0 Å². The Balaban J connectivity index is 0.000000293. The van der Waals surface area contributed by atoms with Gasteiger partial charge in [0, 0.05) is 5.56 Å². The molecule has 0 saturated heterocycles. The summed E-state index contributed by atoms with van der Waals surface area (Å²) in [5.74, 6) is 0.743. The van der Waals surface area contributed by atoms with Crippen LogP contribution in [-0.4, -0.2) is 16.9 Å². The number of rotatable bonds is 3. The van der Waals surface area contributed by atoms with Crippen LogP contribution in [0.5, 0.6) is 11.5 Å². The Bertz CT molecular complexity index is 709. The first-order valence-electron chi connectivity index (χ1n) is 7.79. The van der Waals surface area contributed by atoms with Crippen LogP contribution in [-0.2, 0) is 4.74 Å². The van der Waals surface area contributed by atoms with Gasteiger partial charge in [-0.2, -0.15) is 0 Å². The first kappa shape index (κ1) is 20.0. The molecule has 0 saturated carbocycles. The van der Waals surface area contributed by atoms with Crippen LogP contribution in [0.25, 0.3) is 12.2 Å². The van der Waals surface area contributed by atoms with Crippen molar-refractivity contribution < 1.29 is 19.4 Å². The summed E-state index contributed by atoms with van der Waals surface area (Å²) in [6.07, 6.45) is 2.64. The van der Waals surface area contributed by atoms with Crippen molar-refractivity contribution in [3.63, 3.8) is 0 Å². The van der Waals surface area contributed by atoms with Gasteiger partial charge in [-0.05, 0) is 44.5 Å². The van der Waals surface area contributed by atoms with E-state index in [9.17, 15) is 4.79 Å². The van der Waals surface area contributed by atoms with Gasteiger partial charge < -0.3 is 14.6 Å². The molecule has 2 aromatic carbocycles. The molecule has 0 radical (unpaired) electrons. The van der Waals surface area contributed by atoms with Crippen molar-refractivity contribution in [3.8, 4) is 11.5 Å². The van der Waals surface area contributed by atoms with Crippen LogP contribution in [0.15, 0.2) is 61.7 Å². The van der Waals surface area contributed by atoms with E-state index in [4.69, 9.17) is 14.6 Å². The molecule has 0 heterocycles. The van der Waals surface area contributed by atoms with E-state index >= 15 is 0 Å². The lowest BCUT2D eigenvalue weighted by Crippen LogP contribution is -2.25. The Morgan fingerprint density at radius 3 is 2.04 bits per heavy atom. The Hall–Kier alpha value is -3.01. The van der Waals surface area contributed by atoms with Gasteiger partial charge in [0.05, 0.1) is 0 Å². The second-order valence-electron chi connectivity index (χ2n) is 6.10. The van der Waals surface area contributed by atoms with Crippen LogP contribution in [0.2, 0.25) is 0 Å². The first-order chi connectivity index (χ1) is 11.7. The Kier molecular flexibility index (Phi) is 7.47. The van der Waals surface area contributed by atoms with Gasteiger partial charge in [-0.25, -0.2) is 4.79 Å². The standard InChI is InChI=1S/C13H16O3.C8H8O/c1-5-10-6-8-11(9-7-10)15-12(14)16-13(2,3)4;1-2-7-5-3-4-6-8(7)9/h5-9H,1H2,2-4H3;2-6,9H,1H2. The average Bonchev–Trinajstić information content (AvgIpc) is 2.55. The maximum absolute atomic E-state index is 11.3. The van der Waals surface area contributed by atoms with Gasteiger partial charge in [-0.1, -0.05) is 55.6 Å². The highest BCUT2D eigenvalue weighted by atomic mass is 16.7. The van der Waals surface area contributed by atoms with Crippen LogP contribution in [0, 0.1) is 0 Å². The number of phenolic OH excluding ortho intramolecular Hbond substituents is 1. The molecule has 0 aliphatic heterocycles. The van der Waals surface area contributed by atoms with Crippen molar-refractivity contribution in [2.75, 3.05) is 0 Å². The van der Waals surface area contributed by atoms with E-state index in [1.807, 2.05) is 24.3 Å². The highest BCUT2D eigenvalue weighted by Crippen LogP contribution is 2.16. The summed E-state index contributed by atoms with van der Waals surface area (Å²) in [7, 11) is 0. The number of carbonyl (C=O) groups is 1. The van der Waals surface area contributed by atoms with Crippen molar-refractivity contribution in [1.29, 1.82) is 0 Å². The molecule has 2 rings (SSSR count). The average molecular weight is 340 g/mol. The van der Waals surface area contributed by atoms with Crippen LogP contribution >= 0.6 is 0 Å². The molecule has 0 aromatic heterocycles. The van der Waals surface area contributed by atoms with Gasteiger partial charge in [0.25, 0.3) is 0 Å². The van der Waals surface area contributed by atoms with Gasteiger partial charge in [-0.3, -0.25) is 0 Å². The fourth-order valence-corrected chi connectivity index (χ4v) is 1.70. The summed E-state index contributed by atoms with van der Waals surface area (Å²) in [5.41, 5.74) is 1.20. The topological polar surface area (TPSA) is 55.8 Å². The van der Waals surface area contributed by atoms with Gasteiger partial charge in [-0.15, -0.1) is 0 Å². The van der Waals surface area contributed by atoms with Gasteiger partial charge >= 0.3 is 6.16 Å². The van der Waals surface area contributed by atoms with E-state index in [1.165, 1.54) is 0 Å². The summed E-state index contributed by atoms with van der Waals surface area (Å²) >= 11 is 0. The zero-order valence-electron chi connectivity index (χ0n) is 14.9. The lowest BCUT2D eigenvalue weighted by atomic mass is 10.2. The second kappa shape index (κ2) is 9.33. The number of carbonyl (C=O) groups excluding carboxylic acids is 1. The predicted molar refractivity (Wildman–Crippen MR) is 102 cm³/mol. The van der Waals surface area contributed by atoms with E-state index in [0.717, 1.165) is 11.1 Å². The summed E-state index contributed by atoms with van der Waals surface area (Å²) in [6.45, 7) is 12.5. The first-order valence-corrected chi connectivity index (χ1v) is 7.79. The highest BCUT2D eigenvalue weighted by Gasteiger charge is 2.17. The largest absolute Gasteiger partial charge is 0.514 e. The molecule has 0 unspecified atom stereocenters. The van der Waals surface area contributed by atoms with Gasteiger partial charge in [0.2, 0.25) is 0 Å². The summed E-state index contributed by atoms with van der Waals surface area (Å²) in [5, 5.41) is 9.04. The number of ether oxygens (including phenoxy) is 2. The monoisotopic (exact) mass is 340 g/mol. The maximum atomic E-state index is 11.3. The molecular formula is C21H24O4. The number of phenols is 1. The fourth-order valence-electron chi connectivity index (χ4n) is 1.70. The van der Waals surface area contributed by atoms with E-state index < -0.39 is 11.8 Å². The van der Waals surface area contributed by atoms with E-state index in [0.29, 0.717) is 5.75 Å². The minimum Gasteiger partial charge on any atom is -0.507 e. The summed E-state index contributed by atoms with van der Waals surface area (Å²) < 4.78 is 10.0. The molecule has 2 aromatic rings. The van der Waals surface area contributed by atoms with Crippen molar-refractivity contribution in [2.45, 2.75) is 26.4 Å². The van der Waals surface area contributed by atoms with Gasteiger partial charge in [0.1, 0.15) is 17.1 Å². The Labute approximate surface area is 149 Å². The zero-order valence-corrected chi connectivity index (χ0v) is 14.9. The Morgan fingerprint density at radius 1 is 1.00 bits per heavy atom. The van der Waals surface area contributed by atoms with Crippen molar-refractivity contribution in [3.05, 3.63) is 72.8 Å². The molecule has 4 heteroatoms. The number of hydrogen-bond donors (Lipinski definition) is 1. The van der Waals surface area contributed by atoms with Crippen LogP contribution in [0.1, 0.15) is 31.9 Å². The lowest BCUT2D eigenvalue weighted by Gasteiger charge is -2.18. The molecule has 0 fully saturated rings. The molecule has 0 aliphatic carbocycles. The molecule has 1 N–H and O–H groups in total. The normalized spacial score (nSPS) is 10.0. The van der Waals surface area contributed by atoms with E-state index in [2.05, 4.69) is 13.2 Å². The molecule has 25 heavy (non-hydrogen) atoms. The third-order valence-electron chi connectivity index (χ3n) is 2.86. The molecule has 0 aliphatic rings. The van der Waals surface area contributed by atoms with Crippen LogP contribution in [0.4, 0.5) is 4.79 Å². The fraction of sp³-hybridized carbons (Fsp3) is 0.190. The van der Waals surface area contributed by atoms with Crippen LogP contribution in [0.3, 0.4) is 0 Å². The van der Waals surface area contributed by atoms with E-state index in [1.54, 1.807) is 57.2 Å². The Morgan fingerprint density at radius 2 is 1.60 bits per heavy atom. The summed E-state index contributed by atoms with van der Waals surface area (Å²) in [4.78, 5) is 11.3. The highest BCUT2D eigenvalue weighted by molar-refractivity contribution is 5.64. The minimum atomic E-state index is -0.696. The molecule has 0 atom stereocenters. The molecule has 0 amide bonds. The maximum Gasteiger partial charge on any atom is 0.514 e. The molecule has 132 valence electrons. The number of hydrogen-bond acceptors (Lipinski definition) is 4. The van der Waals surface area contributed by atoms with E-state index in [-0.39, 0.29) is 5.75 Å². The number of benzene rings is 2. The third-order valence-corrected chi connectivity index (χ3v) is 2.86. The minimum absolute atomic E-state index is 0.285. The molecule has 0 spiro atoms. The smallest absolute Gasteiger partial charge is 0.507 e. The lowest BCUT2D eigenvalue weighted by molar-refractivity contribution is 0.0206. The van der Waals surface area contributed by atoms with Crippen molar-refractivity contribution in [2.24, 2.45) is 0 Å². The number of aromatic hydroxyl groups is 1. The summed E-state index contributed by atoms with van der Waals surface area (Å²) in [6, 6.07) is 14.1. The molecule has 4 nitrogen and oxygen atoms in total. The SMILES string of the molecule is C=Cc1ccc(OC(=O)OC(C)(C)C)cc1.C=Cc1ccccc1O. The zero-order chi connectivity index (χ0) is 18.9. The van der Waals surface area contributed by atoms with Crippen LogP contribution < -0.4 is 4.74 Å².